The van der Waals surface area contributed by atoms with Gasteiger partial charge in [-0.05, 0) is 24.6 Å². The Kier molecular flexibility index (Phi) is 7.29. The topological polar surface area (TPSA) is 15.3 Å². The molecule has 1 heterocycles. The molecule has 2 nitrogen and oxygen atoms in total. The third kappa shape index (κ3) is 4.42. The van der Waals surface area contributed by atoms with E-state index in [-0.39, 0.29) is 24.3 Å². The van der Waals surface area contributed by atoms with Crippen molar-refractivity contribution in [2.75, 3.05) is 26.2 Å². The van der Waals surface area contributed by atoms with E-state index in [9.17, 15) is 4.39 Å². The second-order valence-corrected chi connectivity index (χ2v) is 5.67. The van der Waals surface area contributed by atoms with Crippen molar-refractivity contribution in [3.8, 4) is 0 Å². The molecular weight excluding hydrogens is 331 g/mol. The predicted molar refractivity (Wildman–Crippen MR) is 83.4 cm³/mol. The Labute approximate surface area is 129 Å². The van der Waals surface area contributed by atoms with Gasteiger partial charge in [-0.15, -0.1) is 12.4 Å². The molecule has 0 saturated carbocycles. The van der Waals surface area contributed by atoms with Crippen molar-refractivity contribution in [3.05, 3.63) is 34.1 Å². The molecule has 2 rings (SSSR count). The number of halogens is 3. The second-order valence-electron chi connectivity index (χ2n) is 4.76. The van der Waals surface area contributed by atoms with Crippen LogP contribution in [0, 0.1) is 5.82 Å². The number of rotatable bonds is 4. The first-order valence-corrected chi connectivity index (χ1v) is 7.41. The maximum Gasteiger partial charge on any atom is 0.128 e. The van der Waals surface area contributed by atoms with Crippen molar-refractivity contribution in [2.45, 2.75) is 25.8 Å². The van der Waals surface area contributed by atoms with Gasteiger partial charge < -0.3 is 5.32 Å². The fourth-order valence-corrected chi connectivity index (χ4v) is 2.95. The minimum atomic E-state index is -0.0878. The Morgan fingerprint density at radius 1 is 1.37 bits per heavy atom. The largest absolute Gasteiger partial charge is 0.314 e. The molecular formula is C14H21BrClFN2. The molecule has 0 radical (unpaired) electrons. The summed E-state index contributed by atoms with van der Waals surface area (Å²) < 4.78 is 15.0. The maximum atomic E-state index is 14.0. The monoisotopic (exact) mass is 350 g/mol. The lowest BCUT2D eigenvalue weighted by Gasteiger charge is -2.35. The van der Waals surface area contributed by atoms with Crippen LogP contribution in [0.25, 0.3) is 0 Å². The van der Waals surface area contributed by atoms with E-state index in [0.717, 1.165) is 49.1 Å². The van der Waals surface area contributed by atoms with E-state index in [2.05, 4.69) is 33.1 Å². The molecule has 0 unspecified atom stereocenters. The minimum absolute atomic E-state index is 0. The number of piperazine rings is 1. The third-order valence-corrected chi connectivity index (χ3v) is 3.96. The minimum Gasteiger partial charge on any atom is -0.314 e. The van der Waals surface area contributed by atoms with Crippen LogP contribution in [-0.2, 0) is 0 Å². The molecule has 0 aromatic heterocycles. The molecule has 5 heteroatoms. The zero-order chi connectivity index (χ0) is 13.0. The van der Waals surface area contributed by atoms with E-state index in [0.29, 0.717) is 0 Å². The molecule has 1 saturated heterocycles. The van der Waals surface area contributed by atoms with E-state index < -0.39 is 0 Å². The Morgan fingerprint density at radius 3 is 2.68 bits per heavy atom. The van der Waals surface area contributed by atoms with Crippen molar-refractivity contribution in [2.24, 2.45) is 0 Å². The summed E-state index contributed by atoms with van der Waals surface area (Å²) in [5.41, 5.74) is 0.827. The van der Waals surface area contributed by atoms with Crippen LogP contribution in [0.5, 0.6) is 0 Å². The molecule has 0 spiro atoms. The van der Waals surface area contributed by atoms with Crippen molar-refractivity contribution >= 4 is 28.3 Å². The molecule has 1 aromatic carbocycles. The highest BCUT2D eigenvalue weighted by Crippen LogP contribution is 2.30. The van der Waals surface area contributed by atoms with Gasteiger partial charge in [0.2, 0.25) is 0 Å². The number of hydrogen-bond acceptors (Lipinski definition) is 2. The van der Waals surface area contributed by atoms with Crippen LogP contribution in [0.2, 0.25) is 0 Å². The van der Waals surface area contributed by atoms with Crippen LogP contribution < -0.4 is 5.32 Å². The Morgan fingerprint density at radius 2 is 2.05 bits per heavy atom. The first-order valence-electron chi connectivity index (χ1n) is 6.62. The molecule has 0 bridgehead atoms. The van der Waals surface area contributed by atoms with Gasteiger partial charge in [-0.25, -0.2) is 4.39 Å². The number of nitrogens with one attached hydrogen (secondary N) is 1. The van der Waals surface area contributed by atoms with E-state index in [1.54, 1.807) is 12.1 Å². The van der Waals surface area contributed by atoms with Crippen molar-refractivity contribution < 1.29 is 4.39 Å². The first kappa shape index (κ1) is 16.9. The summed E-state index contributed by atoms with van der Waals surface area (Å²) in [4.78, 5) is 2.39. The highest BCUT2D eigenvalue weighted by molar-refractivity contribution is 9.10. The summed E-state index contributed by atoms with van der Waals surface area (Å²) in [5, 5.41) is 3.34. The fourth-order valence-electron chi connectivity index (χ4n) is 2.57. The summed E-state index contributed by atoms with van der Waals surface area (Å²) in [5.74, 6) is -0.0878. The molecule has 1 aliphatic rings. The standard InChI is InChI=1S/C14H20BrFN2.ClH/c1-2-3-14(18-8-6-17-7-9-18)12-10-11(15)4-5-13(12)16;/h4-5,10,14,17H,2-3,6-9H2,1H3;1H/t14-;/m1./s1. The molecule has 108 valence electrons. The van der Waals surface area contributed by atoms with E-state index >= 15 is 0 Å². The summed E-state index contributed by atoms with van der Waals surface area (Å²) in [6, 6.07) is 5.45. The highest BCUT2D eigenvalue weighted by atomic mass is 79.9. The zero-order valence-corrected chi connectivity index (χ0v) is 13.6. The van der Waals surface area contributed by atoms with Gasteiger partial charge in [0.15, 0.2) is 0 Å². The summed E-state index contributed by atoms with van der Waals surface area (Å²) in [7, 11) is 0. The number of benzene rings is 1. The fraction of sp³-hybridized carbons (Fsp3) is 0.571. The Bertz CT molecular complexity index is 397. The second kappa shape index (κ2) is 8.20. The van der Waals surface area contributed by atoms with Crippen LogP contribution in [-0.4, -0.2) is 31.1 Å². The summed E-state index contributed by atoms with van der Waals surface area (Å²) in [6.07, 6.45) is 2.08. The van der Waals surface area contributed by atoms with Crippen LogP contribution in [0.15, 0.2) is 22.7 Å². The van der Waals surface area contributed by atoms with Gasteiger partial charge >= 0.3 is 0 Å². The van der Waals surface area contributed by atoms with Gasteiger partial charge in [-0.2, -0.15) is 0 Å². The predicted octanol–water partition coefficient (Wildman–Crippen LogP) is 3.76. The Balaban J connectivity index is 0.00000180. The molecule has 1 atom stereocenters. The van der Waals surface area contributed by atoms with E-state index in [1.165, 1.54) is 0 Å². The van der Waals surface area contributed by atoms with Crippen molar-refractivity contribution in [1.29, 1.82) is 0 Å². The molecule has 1 aliphatic heterocycles. The lowest BCUT2D eigenvalue weighted by Crippen LogP contribution is -2.45. The van der Waals surface area contributed by atoms with Gasteiger partial charge in [0, 0.05) is 42.3 Å². The van der Waals surface area contributed by atoms with E-state index in [4.69, 9.17) is 0 Å². The van der Waals surface area contributed by atoms with Gasteiger partial charge in [0.25, 0.3) is 0 Å². The lowest BCUT2D eigenvalue weighted by molar-refractivity contribution is 0.161. The summed E-state index contributed by atoms with van der Waals surface area (Å²) >= 11 is 3.44. The Hall–Kier alpha value is -0.160. The first-order chi connectivity index (χ1) is 8.72. The molecule has 1 aromatic rings. The molecule has 0 aliphatic carbocycles. The quantitative estimate of drug-likeness (QED) is 0.888. The average molecular weight is 352 g/mol. The van der Waals surface area contributed by atoms with Crippen LogP contribution in [0.4, 0.5) is 4.39 Å². The van der Waals surface area contributed by atoms with Gasteiger partial charge in [-0.1, -0.05) is 29.3 Å². The third-order valence-electron chi connectivity index (χ3n) is 3.47. The lowest BCUT2D eigenvalue weighted by atomic mass is 9.99. The molecule has 1 N–H and O–H groups in total. The van der Waals surface area contributed by atoms with Gasteiger partial charge in [-0.3, -0.25) is 4.90 Å². The van der Waals surface area contributed by atoms with Gasteiger partial charge in [0.1, 0.15) is 5.82 Å². The summed E-state index contributed by atoms with van der Waals surface area (Å²) in [6.45, 7) is 6.14. The number of nitrogens with zero attached hydrogens (tertiary/aromatic N) is 1. The van der Waals surface area contributed by atoms with Crippen LogP contribution >= 0.6 is 28.3 Å². The molecule has 19 heavy (non-hydrogen) atoms. The van der Waals surface area contributed by atoms with Crippen LogP contribution in [0.1, 0.15) is 31.4 Å². The van der Waals surface area contributed by atoms with Gasteiger partial charge in [0.05, 0.1) is 0 Å². The number of hydrogen-bond donors (Lipinski definition) is 1. The zero-order valence-electron chi connectivity index (χ0n) is 11.2. The van der Waals surface area contributed by atoms with E-state index in [1.807, 2.05) is 6.07 Å². The molecule has 1 fully saturated rings. The van der Waals surface area contributed by atoms with Crippen LogP contribution in [0.3, 0.4) is 0 Å². The van der Waals surface area contributed by atoms with Crippen molar-refractivity contribution in [1.82, 2.24) is 10.2 Å². The normalized spacial score (nSPS) is 17.8. The average Bonchev–Trinajstić information content (AvgIpc) is 2.40. The highest BCUT2D eigenvalue weighted by Gasteiger charge is 2.23. The smallest absolute Gasteiger partial charge is 0.128 e. The molecule has 0 amide bonds. The maximum absolute atomic E-state index is 14.0. The van der Waals surface area contributed by atoms with Crippen molar-refractivity contribution in [3.63, 3.8) is 0 Å². The SMILES string of the molecule is CCC[C@H](c1cc(Br)ccc1F)N1CCNCC1.Cl.